The number of halogens is 4. The lowest BCUT2D eigenvalue weighted by molar-refractivity contribution is -0.215. The summed E-state index contributed by atoms with van der Waals surface area (Å²) < 4.78 is 61.1. The first-order valence-electron chi connectivity index (χ1n) is 13.9. The number of hydrogen-bond donors (Lipinski definition) is 0. The van der Waals surface area contributed by atoms with Gasteiger partial charge in [-0.15, -0.1) is 0 Å². The van der Waals surface area contributed by atoms with Gasteiger partial charge in [0.2, 0.25) is 5.91 Å². The molecular weight excluding hydrogens is 498 g/mol. The van der Waals surface area contributed by atoms with Gasteiger partial charge >= 0.3 is 5.92 Å². The average molecular weight is 532 g/mol. The fourth-order valence-corrected chi connectivity index (χ4v) is 7.98. The monoisotopic (exact) mass is 531 g/mol. The fraction of sp³-hybridized carbons (Fsp3) is 0.690. The maximum atomic E-state index is 14.6. The molecule has 7 saturated carbocycles. The van der Waals surface area contributed by atoms with E-state index in [1.807, 2.05) is 11.0 Å². The summed E-state index contributed by atoms with van der Waals surface area (Å²) in [5, 5.41) is 3.94. The van der Waals surface area contributed by atoms with Crippen LogP contribution in [0.3, 0.4) is 0 Å². The van der Waals surface area contributed by atoms with Crippen molar-refractivity contribution in [3.63, 3.8) is 0 Å². The van der Waals surface area contributed by atoms with E-state index in [9.17, 15) is 22.4 Å². The van der Waals surface area contributed by atoms with E-state index in [0.29, 0.717) is 43.6 Å². The van der Waals surface area contributed by atoms with Gasteiger partial charge in [0.1, 0.15) is 11.5 Å². The number of hydrogen-bond acceptors (Lipinski definition) is 4. The molecule has 7 aliphatic rings. The molecule has 2 aromatic rings. The molecule has 204 valence electrons. The molecule has 9 heteroatoms. The van der Waals surface area contributed by atoms with E-state index in [2.05, 4.69) is 10.1 Å². The largest absolute Gasteiger partial charge is 0.333 e. The van der Waals surface area contributed by atoms with E-state index in [1.54, 1.807) is 6.07 Å². The minimum atomic E-state index is -3.17. The highest BCUT2D eigenvalue weighted by Gasteiger charge is 2.69. The first-order valence-corrected chi connectivity index (χ1v) is 13.9. The molecule has 0 spiro atoms. The molecule has 0 radical (unpaired) electrons. The van der Waals surface area contributed by atoms with Crippen LogP contribution in [0, 0.1) is 16.6 Å². The van der Waals surface area contributed by atoms with Crippen molar-refractivity contribution in [2.24, 2.45) is 10.8 Å². The Morgan fingerprint density at radius 3 is 2.29 bits per heavy atom. The van der Waals surface area contributed by atoms with Gasteiger partial charge in [0.05, 0.1) is 0 Å². The predicted molar refractivity (Wildman–Crippen MR) is 131 cm³/mol. The fourth-order valence-electron chi connectivity index (χ4n) is 7.98. The Morgan fingerprint density at radius 1 is 1.08 bits per heavy atom. The third-order valence-corrected chi connectivity index (χ3v) is 10.4. The van der Waals surface area contributed by atoms with Gasteiger partial charge in [-0.1, -0.05) is 5.16 Å². The Labute approximate surface area is 219 Å². The molecule has 1 aromatic heterocycles. The van der Waals surface area contributed by atoms with Crippen molar-refractivity contribution in [3.05, 3.63) is 41.3 Å². The van der Waals surface area contributed by atoms with Crippen LogP contribution in [0.5, 0.6) is 0 Å². The van der Waals surface area contributed by atoms with Crippen LogP contribution < -0.4 is 4.90 Å². The number of amides is 1. The number of alkyl halides is 3. The second-order valence-corrected chi connectivity index (χ2v) is 13.4. The van der Waals surface area contributed by atoms with Gasteiger partial charge in [-0.2, -0.15) is 13.8 Å². The van der Waals surface area contributed by atoms with Crippen molar-refractivity contribution in [2.45, 2.75) is 107 Å². The molecule has 7 fully saturated rings. The normalized spacial score (nSPS) is 35.5. The summed E-state index contributed by atoms with van der Waals surface area (Å²) in [4.78, 5) is 19.7. The maximum absolute atomic E-state index is 14.6. The van der Waals surface area contributed by atoms with Gasteiger partial charge in [-0.25, -0.2) is 8.78 Å². The van der Waals surface area contributed by atoms with Crippen LogP contribution >= 0.6 is 0 Å². The van der Waals surface area contributed by atoms with Crippen LogP contribution in [0.1, 0.15) is 107 Å². The van der Waals surface area contributed by atoms with Crippen molar-refractivity contribution in [1.29, 1.82) is 0 Å². The summed E-state index contributed by atoms with van der Waals surface area (Å²) >= 11 is 0. The number of anilines is 1. The minimum Gasteiger partial charge on any atom is -0.333 e. The summed E-state index contributed by atoms with van der Waals surface area (Å²) in [6, 6.07) is 5.03. The summed E-state index contributed by atoms with van der Waals surface area (Å²) in [6.45, 7) is 1.28. The standard InChI is InChI=1S/C29H33F4N3O2/c1-25(31,32)24-34-23(35-38-24)28-9-6-26(7-10-28,8-11-28)17-36(22(37)13-27-14-29(33,15-27)16-27)19-4-5-21(30)20(12-19)18-2-3-18/h4-5,12,18H,2-3,6-11,13-17H2,1H3. The Morgan fingerprint density at radius 2 is 1.74 bits per heavy atom. The Hall–Kier alpha value is -2.45. The molecule has 7 aliphatic carbocycles. The zero-order chi connectivity index (χ0) is 26.6. The van der Waals surface area contributed by atoms with Crippen LogP contribution in [0.4, 0.5) is 23.2 Å². The van der Waals surface area contributed by atoms with Crippen molar-refractivity contribution in [2.75, 3.05) is 11.4 Å². The Bertz CT molecular complexity index is 1250. The molecule has 0 saturated heterocycles. The number of fused-ring (bicyclic) bond motifs is 3. The highest BCUT2D eigenvalue weighted by Crippen LogP contribution is 2.71. The van der Waals surface area contributed by atoms with E-state index in [-0.39, 0.29) is 33.9 Å². The van der Waals surface area contributed by atoms with Gasteiger partial charge in [-0.05, 0) is 111 Å². The van der Waals surface area contributed by atoms with Crippen LogP contribution in [-0.4, -0.2) is 28.3 Å². The van der Waals surface area contributed by atoms with E-state index in [4.69, 9.17) is 4.52 Å². The van der Waals surface area contributed by atoms with E-state index < -0.39 is 17.5 Å². The second-order valence-electron chi connectivity index (χ2n) is 13.4. The first kappa shape index (κ1) is 24.6. The molecular formula is C29H33F4N3O2. The topological polar surface area (TPSA) is 59.2 Å². The molecule has 5 nitrogen and oxygen atoms in total. The van der Waals surface area contributed by atoms with Gasteiger partial charge in [-0.3, -0.25) is 4.79 Å². The van der Waals surface area contributed by atoms with Crippen LogP contribution in [-0.2, 0) is 16.1 Å². The molecule has 9 rings (SSSR count). The van der Waals surface area contributed by atoms with Crippen molar-refractivity contribution >= 4 is 11.6 Å². The third kappa shape index (κ3) is 3.89. The van der Waals surface area contributed by atoms with Crippen LogP contribution in [0.2, 0.25) is 0 Å². The first-order chi connectivity index (χ1) is 17.9. The second kappa shape index (κ2) is 7.81. The maximum Gasteiger partial charge on any atom is 0.322 e. The van der Waals surface area contributed by atoms with Gasteiger partial charge in [0.25, 0.3) is 5.89 Å². The number of aromatic nitrogens is 2. The van der Waals surface area contributed by atoms with E-state index >= 15 is 0 Å². The zero-order valence-electron chi connectivity index (χ0n) is 21.7. The third-order valence-electron chi connectivity index (χ3n) is 10.4. The SMILES string of the molecule is CC(F)(F)c1nc(C23CCC(CN(C(=O)CC45CC(F)(C4)C5)c4ccc(F)c(C5CC5)c4)(CC2)CC3)no1. The van der Waals surface area contributed by atoms with Crippen LogP contribution in [0.15, 0.2) is 22.7 Å². The van der Waals surface area contributed by atoms with Crippen LogP contribution in [0.25, 0.3) is 0 Å². The van der Waals surface area contributed by atoms with E-state index in [1.165, 1.54) is 6.07 Å². The molecule has 1 aromatic carbocycles. The Balaban J connectivity index is 1.13. The number of carbonyl (C=O) groups is 1. The molecule has 0 aliphatic heterocycles. The van der Waals surface area contributed by atoms with Gasteiger partial charge in [0, 0.05) is 31.0 Å². The summed E-state index contributed by atoms with van der Waals surface area (Å²) in [5.41, 5.74) is -0.367. The summed E-state index contributed by atoms with van der Waals surface area (Å²) in [5.74, 6) is -3.47. The molecule has 1 heterocycles. The molecule has 1 amide bonds. The predicted octanol–water partition coefficient (Wildman–Crippen LogP) is 7.11. The average Bonchev–Trinajstić information content (AvgIpc) is 3.55. The quantitative estimate of drug-likeness (QED) is 0.341. The van der Waals surface area contributed by atoms with E-state index in [0.717, 1.165) is 64.0 Å². The lowest BCUT2D eigenvalue weighted by Crippen LogP contribution is -2.65. The number of carbonyl (C=O) groups excluding carboxylic acids is 1. The lowest BCUT2D eigenvalue weighted by atomic mass is 9.41. The molecule has 38 heavy (non-hydrogen) atoms. The van der Waals surface area contributed by atoms with Crippen molar-refractivity contribution in [3.8, 4) is 0 Å². The highest BCUT2D eigenvalue weighted by molar-refractivity contribution is 5.94. The number of benzene rings is 1. The molecule has 0 N–H and O–H groups in total. The highest BCUT2D eigenvalue weighted by atomic mass is 19.3. The summed E-state index contributed by atoms with van der Waals surface area (Å²) in [7, 11) is 0. The number of nitrogens with zero attached hydrogens (tertiary/aromatic N) is 3. The Kier molecular flexibility index (Phi) is 5.05. The number of rotatable bonds is 8. The summed E-state index contributed by atoms with van der Waals surface area (Å²) in [6.07, 6.45) is 8.33. The zero-order valence-corrected chi connectivity index (χ0v) is 21.7. The molecule has 4 bridgehead atoms. The lowest BCUT2D eigenvalue weighted by Gasteiger charge is -2.66. The molecule has 0 atom stereocenters. The molecule has 0 unspecified atom stereocenters. The van der Waals surface area contributed by atoms with Crippen molar-refractivity contribution in [1.82, 2.24) is 10.1 Å². The van der Waals surface area contributed by atoms with Gasteiger partial charge < -0.3 is 9.42 Å². The van der Waals surface area contributed by atoms with Crippen molar-refractivity contribution < 1.29 is 26.9 Å². The smallest absolute Gasteiger partial charge is 0.322 e. The van der Waals surface area contributed by atoms with Gasteiger partial charge in [0.15, 0.2) is 5.82 Å². The minimum absolute atomic E-state index is 0.00937.